The van der Waals surface area contributed by atoms with Gasteiger partial charge in [0, 0.05) is 0 Å². The molecule has 1 nitrogen and oxygen atoms in total. The lowest BCUT2D eigenvalue weighted by Gasteiger charge is -2.17. The summed E-state index contributed by atoms with van der Waals surface area (Å²) >= 11 is 1.58. The van der Waals surface area contributed by atoms with E-state index in [2.05, 4.69) is 6.58 Å². The molecule has 1 heterocycles. The Morgan fingerprint density at radius 3 is 3.00 bits per heavy atom. The highest BCUT2D eigenvalue weighted by Crippen LogP contribution is 2.36. The van der Waals surface area contributed by atoms with Crippen LogP contribution in [0.3, 0.4) is 0 Å². The average molecular weight is 154 g/mol. The minimum Gasteiger partial charge on any atom is -0.293 e. The quantitative estimate of drug-likeness (QED) is 0.567. The smallest absolute Gasteiger partial charge is 0.172 e. The first-order valence-corrected chi connectivity index (χ1v) is 4.07. The molecule has 0 amide bonds. The number of hydrogen-bond acceptors (Lipinski definition) is 2. The third kappa shape index (κ3) is 1.16. The van der Waals surface area contributed by atoms with Crippen molar-refractivity contribution in [3.63, 3.8) is 0 Å². The van der Waals surface area contributed by atoms with Crippen LogP contribution in [0.5, 0.6) is 0 Å². The lowest BCUT2D eigenvalue weighted by atomic mass is 10.0. The largest absolute Gasteiger partial charge is 0.293 e. The number of hydrogen-bond donors (Lipinski definition) is 0. The summed E-state index contributed by atoms with van der Waals surface area (Å²) in [6.07, 6.45) is 4.18. The van der Waals surface area contributed by atoms with Crippen molar-refractivity contribution in [2.45, 2.75) is 18.1 Å². The monoisotopic (exact) mass is 154 g/mol. The van der Waals surface area contributed by atoms with Gasteiger partial charge in [0.05, 0.1) is 4.75 Å². The van der Waals surface area contributed by atoms with E-state index in [1.54, 1.807) is 23.9 Å². The Hall–Kier alpha value is -0.500. The maximum Gasteiger partial charge on any atom is 0.172 e. The van der Waals surface area contributed by atoms with Crippen LogP contribution in [0, 0.1) is 0 Å². The van der Waals surface area contributed by atoms with E-state index in [4.69, 9.17) is 0 Å². The highest BCUT2D eigenvalue weighted by molar-refractivity contribution is 8.04. The van der Waals surface area contributed by atoms with E-state index < -0.39 is 0 Å². The third-order valence-corrected chi connectivity index (χ3v) is 2.76. The molecular formula is C8H10OS. The van der Waals surface area contributed by atoms with E-state index >= 15 is 0 Å². The first-order chi connectivity index (χ1) is 4.69. The van der Waals surface area contributed by atoms with Crippen LogP contribution in [0.15, 0.2) is 24.1 Å². The van der Waals surface area contributed by atoms with Crippen molar-refractivity contribution in [1.82, 2.24) is 0 Å². The van der Waals surface area contributed by atoms with Crippen molar-refractivity contribution in [3.05, 3.63) is 24.1 Å². The molecule has 0 radical (unpaired) electrons. The fourth-order valence-electron chi connectivity index (χ4n) is 0.904. The number of ketones is 1. The molecular weight excluding hydrogens is 144 g/mol. The Morgan fingerprint density at radius 2 is 2.60 bits per heavy atom. The van der Waals surface area contributed by atoms with Crippen LogP contribution in [0.25, 0.3) is 0 Å². The van der Waals surface area contributed by atoms with Crippen LogP contribution in [-0.2, 0) is 4.79 Å². The summed E-state index contributed by atoms with van der Waals surface area (Å²) in [4.78, 5) is 11.1. The van der Waals surface area contributed by atoms with Crippen LogP contribution in [-0.4, -0.2) is 10.5 Å². The van der Waals surface area contributed by atoms with Gasteiger partial charge in [0.1, 0.15) is 0 Å². The molecule has 0 spiro atoms. The number of rotatable bonds is 2. The summed E-state index contributed by atoms with van der Waals surface area (Å²) in [5, 5.41) is 1.85. The molecule has 10 heavy (non-hydrogen) atoms. The lowest BCUT2D eigenvalue weighted by molar-refractivity contribution is -0.116. The Balaban J connectivity index is 2.70. The predicted octanol–water partition coefficient (Wildman–Crippen LogP) is 2.15. The van der Waals surface area contributed by atoms with Gasteiger partial charge in [-0.15, -0.1) is 18.3 Å². The fraction of sp³-hybridized carbons (Fsp3) is 0.375. The van der Waals surface area contributed by atoms with Crippen LogP contribution in [0.4, 0.5) is 0 Å². The Morgan fingerprint density at radius 1 is 1.90 bits per heavy atom. The molecule has 0 saturated carbocycles. The zero-order valence-electron chi connectivity index (χ0n) is 5.96. The molecule has 0 aromatic rings. The van der Waals surface area contributed by atoms with Crippen molar-refractivity contribution in [2.24, 2.45) is 0 Å². The standard InChI is InChI=1S/C8H10OS/c1-3-5-8(2)7(9)4-6-10-8/h3-4,6H,1,5H2,2H3. The zero-order valence-corrected chi connectivity index (χ0v) is 6.78. The highest BCUT2D eigenvalue weighted by atomic mass is 32.2. The summed E-state index contributed by atoms with van der Waals surface area (Å²) < 4.78 is -0.248. The van der Waals surface area contributed by atoms with E-state index in [9.17, 15) is 4.79 Å². The van der Waals surface area contributed by atoms with Crippen molar-refractivity contribution >= 4 is 17.5 Å². The van der Waals surface area contributed by atoms with Crippen LogP contribution >= 0.6 is 11.8 Å². The van der Waals surface area contributed by atoms with Crippen LogP contribution < -0.4 is 0 Å². The van der Waals surface area contributed by atoms with Gasteiger partial charge >= 0.3 is 0 Å². The number of carbonyl (C=O) groups excluding carboxylic acids is 1. The normalized spacial score (nSPS) is 31.1. The van der Waals surface area contributed by atoms with Gasteiger partial charge in [-0.3, -0.25) is 4.79 Å². The maximum atomic E-state index is 11.1. The minimum atomic E-state index is -0.248. The molecule has 1 rings (SSSR count). The first-order valence-electron chi connectivity index (χ1n) is 3.19. The third-order valence-electron chi connectivity index (χ3n) is 1.60. The highest BCUT2D eigenvalue weighted by Gasteiger charge is 2.33. The van der Waals surface area contributed by atoms with Gasteiger partial charge in [-0.1, -0.05) is 6.08 Å². The van der Waals surface area contributed by atoms with E-state index in [1.165, 1.54) is 0 Å². The van der Waals surface area contributed by atoms with Crippen molar-refractivity contribution < 1.29 is 4.79 Å². The molecule has 0 fully saturated rings. The molecule has 0 aromatic heterocycles. The van der Waals surface area contributed by atoms with E-state index in [0.717, 1.165) is 6.42 Å². The fourth-order valence-corrected chi connectivity index (χ4v) is 1.79. The number of allylic oxidation sites excluding steroid dienone is 2. The molecule has 0 bridgehead atoms. The van der Waals surface area contributed by atoms with Gasteiger partial charge in [0.15, 0.2) is 5.78 Å². The lowest BCUT2D eigenvalue weighted by Crippen LogP contribution is -2.25. The second kappa shape index (κ2) is 2.62. The van der Waals surface area contributed by atoms with Crippen molar-refractivity contribution in [3.8, 4) is 0 Å². The summed E-state index contributed by atoms with van der Waals surface area (Å²) in [7, 11) is 0. The predicted molar refractivity (Wildman–Crippen MR) is 45.0 cm³/mol. The molecule has 54 valence electrons. The summed E-state index contributed by atoms with van der Waals surface area (Å²) in [6, 6.07) is 0. The Labute approximate surface area is 65.2 Å². The van der Waals surface area contributed by atoms with Crippen molar-refractivity contribution in [2.75, 3.05) is 0 Å². The van der Waals surface area contributed by atoms with Crippen molar-refractivity contribution in [1.29, 1.82) is 0 Å². The molecule has 0 saturated heterocycles. The van der Waals surface area contributed by atoms with Gasteiger partial charge < -0.3 is 0 Å². The van der Waals surface area contributed by atoms with Gasteiger partial charge in [-0.2, -0.15) is 0 Å². The van der Waals surface area contributed by atoms with Crippen LogP contribution in [0.1, 0.15) is 13.3 Å². The SMILES string of the molecule is C=CCC1(C)SC=CC1=O. The second-order valence-corrected chi connectivity index (χ2v) is 3.92. The summed E-state index contributed by atoms with van der Waals surface area (Å²) in [6.45, 7) is 5.56. The Kier molecular flexibility index (Phi) is 2.00. The van der Waals surface area contributed by atoms with E-state index in [0.29, 0.717) is 0 Å². The van der Waals surface area contributed by atoms with Gasteiger partial charge in [0.2, 0.25) is 0 Å². The molecule has 1 aliphatic rings. The molecule has 0 aromatic carbocycles. The van der Waals surface area contributed by atoms with Crippen LogP contribution in [0.2, 0.25) is 0 Å². The van der Waals surface area contributed by atoms with Gasteiger partial charge in [0.25, 0.3) is 0 Å². The topological polar surface area (TPSA) is 17.1 Å². The maximum absolute atomic E-state index is 11.1. The number of thioether (sulfide) groups is 1. The van der Waals surface area contributed by atoms with Gasteiger partial charge in [-0.25, -0.2) is 0 Å². The zero-order chi connectivity index (χ0) is 7.61. The first kappa shape index (κ1) is 7.61. The molecule has 1 aliphatic heterocycles. The molecule has 0 aliphatic carbocycles. The molecule has 0 N–H and O–H groups in total. The van der Waals surface area contributed by atoms with E-state index in [1.807, 2.05) is 12.3 Å². The summed E-state index contributed by atoms with van der Waals surface area (Å²) in [5.74, 6) is 0.206. The molecule has 2 heteroatoms. The van der Waals surface area contributed by atoms with Gasteiger partial charge in [-0.05, 0) is 24.8 Å². The molecule has 1 atom stereocenters. The molecule has 1 unspecified atom stereocenters. The van der Waals surface area contributed by atoms with E-state index in [-0.39, 0.29) is 10.5 Å². The average Bonchev–Trinajstić information content (AvgIpc) is 2.15. The Bertz CT molecular complexity index is 195. The number of carbonyl (C=O) groups is 1. The second-order valence-electron chi connectivity index (χ2n) is 2.51. The minimum absolute atomic E-state index is 0.206. The summed E-state index contributed by atoms with van der Waals surface area (Å²) in [5.41, 5.74) is 0.